The second-order valence-corrected chi connectivity index (χ2v) is 8.54. The normalized spacial score (nSPS) is 30.0. The zero-order valence-corrected chi connectivity index (χ0v) is 17.1. The molecule has 0 aliphatic carbocycles. The molecular formula is C18H27N3O8. The molecule has 11 heteroatoms. The first-order valence-corrected chi connectivity index (χ1v) is 9.74. The maximum Gasteiger partial charge on any atom is 0.336 e. The van der Waals surface area contributed by atoms with Crippen molar-refractivity contribution in [3.05, 3.63) is 31.5 Å². The highest BCUT2D eigenvalue weighted by Gasteiger charge is 2.36. The number of nitrogens with zero attached hydrogens (tertiary/aromatic N) is 3. The highest BCUT2D eigenvalue weighted by atomic mass is 16.7. The fraction of sp³-hybridized carbons (Fsp3) is 0.833. The lowest BCUT2D eigenvalue weighted by Gasteiger charge is -2.20. The Bertz CT molecular complexity index is 889. The second-order valence-electron chi connectivity index (χ2n) is 8.54. The van der Waals surface area contributed by atoms with Crippen LogP contribution in [0.4, 0.5) is 0 Å². The van der Waals surface area contributed by atoms with Crippen LogP contribution in [0.3, 0.4) is 0 Å². The molecule has 3 aliphatic rings. The average molecular weight is 413 g/mol. The van der Waals surface area contributed by atoms with E-state index in [1.807, 2.05) is 0 Å². The van der Waals surface area contributed by atoms with Crippen molar-refractivity contribution in [2.24, 2.45) is 0 Å². The number of ether oxygens (including phenoxy) is 5. The van der Waals surface area contributed by atoms with Crippen LogP contribution in [0.2, 0.25) is 0 Å². The van der Waals surface area contributed by atoms with E-state index in [2.05, 4.69) is 0 Å². The summed E-state index contributed by atoms with van der Waals surface area (Å²) in [4.78, 5) is 38.9. The van der Waals surface area contributed by atoms with Crippen LogP contribution in [0, 0.1) is 0 Å². The SMILES string of the molecule is CC1(C)OCC(Cn2c(=O)n(CC3CO3)c(=O)n(CC3COC(C)(C)O3)c2=O)O1. The van der Waals surface area contributed by atoms with Crippen LogP contribution < -0.4 is 17.1 Å². The third-order valence-corrected chi connectivity index (χ3v) is 5.08. The molecule has 3 fully saturated rings. The number of aromatic nitrogens is 3. The van der Waals surface area contributed by atoms with Gasteiger partial charge in [-0.05, 0) is 27.7 Å². The van der Waals surface area contributed by atoms with E-state index < -0.39 is 40.9 Å². The minimum atomic E-state index is -0.787. The molecule has 29 heavy (non-hydrogen) atoms. The maximum atomic E-state index is 13.1. The van der Waals surface area contributed by atoms with E-state index in [-0.39, 0.29) is 39.0 Å². The lowest BCUT2D eigenvalue weighted by Crippen LogP contribution is -2.57. The van der Waals surface area contributed by atoms with Crippen molar-refractivity contribution in [3.8, 4) is 0 Å². The minimum absolute atomic E-state index is 0.0135. The molecule has 3 saturated heterocycles. The first-order valence-electron chi connectivity index (χ1n) is 9.74. The van der Waals surface area contributed by atoms with Crippen LogP contribution in [-0.4, -0.2) is 63.4 Å². The molecule has 1 aromatic rings. The van der Waals surface area contributed by atoms with Crippen LogP contribution in [0.5, 0.6) is 0 Å². The van der Waals surface area contributed by atoms with Crippen LogP contribution in [-0.2, 0) is 43.3 Å². The molecule has 0 spiro atoms. The molecule has 4 heterocycles. The predicted molar refractivity (Wildman–Crippen MR) is 98.8 cm³/mol. The van der Waals surface area contributed by atoms with Crippen molar-refractivity contribution in [2.75, 3.05) is 19.8 Å². The molecule has 3 unspecified atom stereocenters. The van der Waals surface area contributed by atoms with Gasteiger partial charge in [0.05, 0.1) is 45.6 Å². The highest BCUT2D eigenvalue weighted by molar-refractivity contribution is 4.86. The van der Waals surface area contributed by atoms with E-state index in [0.717, 1.165) is 13.7 Å². The first kappa shape index (κ1) is 20.5. The fourth-order valence-corrected chi connectivity index (χ4v) is 3.64. The molecule has 0 N–H and O–H groups in total. The molecule has 0 aromatic carbocycles. The molecule has 11 nitrogen and oxygen atoms in total. The van der Waals surface area contributed by atoms with Gasteiger partial charge in [0.2, 0.25) is 0 Å². The van der Waals surface area contributed by atoms with Gasteiger partial charge in [0.15, 0.2) is 11.6 Å². The van der Waals surface area contributed by atoms with Crippen LogP contribution in [0.1, 0.15) is 27.7 Å². The van der Waals surface area contributed by atoms with Gasteiger partial charge in [0.25, 0.3) is 0 Å². The van der Waals surface area contributed by atoms with Gasteiger partial charge in [-0.15, -0.1) is 0 Å². The summed E-state index contributed by atoms with van der Waals surface area (Å²) >= 11 is 0. The van der Waals surface area contributed by atoms with Gasteiger partial charge < -0.3 is 23.7 Å². The smallest absolute Gasteiger partial charge is 0.336 e. The number of hydrogen-bond donors (Lipinski definition) is 0. The van der Waals surface area contributed by atoms with Gasteiger partial charge in [-0.3, -0.25) is 0 Å². The molecule has 4 rings (SSSR count). The summed E-state index contributed by atoms with van der Waals surface area (Å²) in [6, 6.07) is 0. The average Bonchev–Trinajstić information content (AvgIpc) is 3.30. The van der Waals surface area contributed by atoms with E-state index in [4.69, 9.17) is 23.7 Å². The lowest BCUT2D eigenvalue weighted by molar-refractivity contribution is -0.140. The minimum Gasteiger partial charge on any atom is -0.371 e. The molecule has 3 atom stereocenters. The van der Waals surface area contributed by atoms with E-state index in [9.17, 15) is 14.4 Å². The van der Waals surface area contributed by atoms with Gasteiger partial charge in [0, 0.05) is 0 Å². The standard InChI is InChI=1S/C18H27N3O8/c1-17(2)26-9-12(28-17)6-20-14(22)19(5-11-8-25-11)15(23)21(16(20)24)7-13-10-27-18(3,4)29-13/h11-13H,5-10H2,1-4H3. The molecular weight excluding hydrogens is 386 g/mol. The van der Waals surface area contributed by atoms with Crippen LogP contribution in [0.25, 0.3) is 0 Å². The first-order chi connectivity index (χ1) is 13.5. The highest BCUT2D eigenvalue weighted by Crippen LogP contribution is 2.23. The Labute approximate surface area is 166 Å². The van der Waals surface area contributed by atoms with E-state index in [1.165, 1.54) is 0 Å². The molecule has 3 aliphatic heterocycles. The largest absolute Gasteiger partial charge is 0.371 e. The molecule has 0 amide bonds. The Morgan fingerprint density at radius 3 is 1.31 bits per heavy atom. The Morgan fingerprint density at radius 2 is 1.03 bits per heavy atom. The Morgan fingerprint density at radius 1 is 0.690 bits per heavy atom. The van der Waals surface area contributed by atoms with Crippen molar-refractivity contribution in [2.45, 2.75) is 77.2 Å². The number of rotatable bonds is 6. The monoisotopic (exact) mass is 413 g/mol. The van der Waals surface area contributed by atoms with E-state index >= 15 is 0 Å². The molecule has 0 radical (unpaired) electrons. The van der Waals surface area contributed by atoms with Crippen LogP contribution in [0.15, 0.2) is 14.4 Å². The zero-order valence-electron chi connectivity index (χ0n) is 17.1. The summed E-state index contributed by atoms with van der Waals surface area (Å²) in [6.45, 7) is 8.09. The summed E-state index contributed by atoms with van der Waals surface area (Å²) in [5.41, 5.74) is -2.05. The van der Waals surface area contributed by atoms with Gasteiger partial charge in [-0.2, -0.15) is 0 Å². The number of epoxide rings is 1. The molecule has 162 valence electrons. The maximum absolute atomic E-state index is 13.1. The van der Waals surface area contributed by atoms with Gasteiger partial charge in [0.1, 0.15) is 12.2 Å². The fourth-order valence-electron chi connectivity index (χ4n) is 3.64. The van der Waals surface area contributed by atoms with Crippen molar-refractivity contribution in [3.63, 3.8) is 0 Å². The predicted octanol–water partition coefficient (Wildman–Crippen LogP) is -1.13. The Balaban J connectivity index is 1.69. The third kappa shape index (κ3) is 4.38. The van der Waals surface area contributed by atoms with Crippen molar-refractivity contribution >= 4 is 0 Å². The topological polar surface area (TPSA) is 115 Å². The molecule has 0 bridgehead atoms. The van der Waals surface area contributed by atoms with Crippen molar-refractivity contribution in [1.29, 1.82) is 0 Å². The molecule has 0 saturated carbocycles. The zero-order chi connectivity index (χ0) is 21.0. The quantitative estimate of drug-likeness (QED) is 0.538. The van der Waals surface area contributed by atoms with Gasteiger partial charge in [-0.1, -0.05) is 0 Å². The third-order valence-electron chi connectivity index (χ3n) is 5.08. The summed E-state index contributed by atoms with van der Waals surface area (Å²) in [5.74, 6) is -1.57. The molecule has 1 aromatic heterocycles. The van der Waals surface area contributed by atoms with Crippen LogP contribution >= 0.6 is 0 Å². The van der Waals surface area contributed by atoms with Gasteiger partial charge >= 0.3 is 17.1 Å². The van der Waals surface area contributed by atoms with Crippen molar-refractivity contribution < 1.29 is 23.7 Å². The summed E-state index contributed by atoms with van der Waals surface area (Å²) in [6.07, 6.45) is -1.15. The van der Waals surface area contributed by atoms with Crippen molar-refractivity contribution in [1.82, 2.24) is 13.7 Å². The Hall–Kier alpha value is -1.79. The second kappa shape index (κ2) is 7.17. The summed E-state index contributed by atoms with van der Waals surface area (Å²) in [7, 11) is 0. The van der Waals surface area contributed by atoms with Gasteiger partial charge in [-0.25, -0.2) is 28.1 Å². The summed E-state index contributed by atoms with van der Waals surface area (Å²) in [5, 5.41) is 0. The Kier molecular flexibility index (Phi) is 5.06. The lowest BCUT2D eigenvalue weighted by atomic mass is 10.3. The summed E-state index contributed by atoms with van der Waals surface area (Å²) < 4.78 is 30.8. The number of hydrogen-bond acceptors (Lipinski definition) is 8. The van der Waals surface area contributed by atoms with E-state index in [0.29, 0.717) is 6.61 Å². The van der Waals surface area contributed by atoms with E-state index in [1.54, 1.807) is 27.7 Å².